The second kappa shape index (κ2) is 7.06. The Morgan fingerprint density at radius 2 is 2.00 bits per heavy atom. The molecule has 0 aliphatic carbocycles. The lowest BCUT2D eigenvalue weighted by atomic mass is 10.1. The molecule has 2 aromatic carbocycles. The van der Waals surface area contributed by atoms with Crippen LogP contribution >= 0.6 is 27.3 Å². The molecule has 3 nitrogen and oxygen atoms in total. The van der Waals surface area contributed by atoms with Crippen molar-refractivity contribution in [2.24, 2.45) is 0 Å². The Morgan fingerprint density at radius 1 is 1.22 bits per heavy atom. The van der Waals surface area contributed by atoms with Gasteiger partial charge in [-0.2, -0.15) is 0 Å². The van der Waals surface area contributed by atoms with E-state index in [0.29, 0.717) is 0 Å². The second-order valence-corrected chi connectivity index (χ2v) is 7.02. The Bertz CT molecular complexity index is 827. The van der Waals surface area contributed by atoms with Crippen LogP contribution in [0.2, 0.25) is 0 Å². The molecule has 3 aromatic rings. The first-order chi connectivity index (χ1) is 11.1. The van der Waals surface area contributed by atoms with E-state index < -0.39 is 0 Å². The van der Waals surface area contributed by atoms with Gasteiger partial charge >= 0.3 is 0 Å². The molecule has 1 aromatic heterocycles. The number of amides is 1. The lowest BCUT2D eigenvalue weighted by molar-refractivity contribution is -0.115. The Labute approximate surface area is 147 Å². The summed E-state index contributed by atoms with van der Waals surface area (Å²) in [5, 5.41) is 5.77. The molecule has 0 fully saturated rings. The van der Waals surface area contributed by atoms with Crippen LogP contribution in [-0.2, 0) is 11.2 Å². The summed E-state index contributed by atoms with van der Waals surface area (Å²) in [4.78, 5) is 16.7. The number of nitrogens with one attached hydrogen (secondary N) is 1. The third-order valence-electron chi connectivity index (χ3n) is 3.29. The third-order valence-corrected chi connectivity index (χ3v) is 4.76. The van der Waals surface area contributed by atoms with Gasteiger partial charge in [-0.05, 0) is 37.3 Å². The van der Waals surface area contributed by atoms with E-state index in [-0.39, 0.29) is 12.3 Å². The molecule has 0 atom stereocenters. The van der Waals surface area contributed by atoms with Gasteiger partial charge in [-0.25, -0.2) is 4.98 Å². The van der Waals surface area contributed by atoms with Crippen LogP contribution in [0.3, 0.4) is 0 Å². The lowest BCUT2D eigenvalue weighted by Crippen LogP contribution is -2.14. The number of aromatic nitrogens is 1. The van der Waals surface area contributed by atoms with Gasteiger partial charge in [0.15, 0.2) is 0 Å². The van der Waals surface area contributed by atoms with Crippen LogP contribution in [0.15, 0.2) is 58.4 Å². The molecule has 5 heteroatoms. The highest BCUT2D eigenvalue weighted by Crippen LogP contribution is 2.24. The summed E-state index contributed by atoms with van der Waals surface area (Å²) in [5.41, 5.74) is 3.87. The third kappa shape index (κ3) is 4.27. The molecule has 0 unspecified atom stereocenters. The summed E-state index contributed by atoms with van der Waals surface area (Å²) >= 11 is 4.94. The summed E-state index contributed by atoms with van der Waals surface area (Å²) in [7, 11) is 0. The fourth-order valence-corrected chi connectivity index (χ4v) is 3.28. The first-order valence-corrected chi connectivity index (χ1v) is 8.84. The fourth-order valence-electron chi connectivity index (χ4n) is 2.20. The first kappa shape index (κ1) is 15.9. The van der Waals surface area contributed by atoms with Crippen molar-refractivity contribution in [3.63, 3.8) is 0 Å². The Balaban J connectivity index is 1.66. The monoisotopic (exact) mass is 386 g/mol. The van der Waals surface area contributed by atoms with Crippen molar-refractivity contribution in [1.29, 1.82) is 0 Å². The maximum atomic E-state index is 12.1. The molecule has 1 heterocycles. The molecule has 0 aliphatic rings. The summed E-state index contributed by atoms with van der Waals surface area (Å²) in [6, 6.07) is 15.7. The molecule has 1 amide bonds. The number of carbonyl (C=O) groups excluding carboxylic acids is 1. The van der Waals surface area contributed by atoms with E-state index >= 15 is 0 Å². The van der Waals surface area contributed by atoms with E-state index in [9.17, 15) is 4.79 Å². The van der Waals surface area contributed by atoms with Crippen molar-refractivity contribution in [3.8, 4) is 10.6 Å². The zero-order valence-corrected chi connectivity index (χ0v) is 14.9. The van der Waals surface area contributed by atoms with Gasteiger partial charge in [-0.3, -0.25) is 4.79 Å². The number of rotatable bonds is 4. The van der Waals surface area contributed by atoms with Crippen molar-refractivity contribution in [3.05, 3.63) is 69.6 Å². The van der Waals surface area contributed by atoms with Crippen molar-refractivity contribution in [2.45, 2.75) is 13.3 Å². The van der Waals surface area contributed by atoms with Gasteiger partial charge in [0.1, 0.15) is 5.01 Å². The van der Waals surface area contributed by atoms with Gasteiger partial charge in [0.2, 0.25) is 5.91 Å². The van der Waals surface area contributed by atoms with Crippen molar-refractivity contribution < 1.29 is 4.79 Å². The largest absolute Gasteiger partial charge is 0.326 e. The fraction of sp³-hybridized carbons (Fsp3) is 0.111. The van der Waals surface area contributed by atoms with Gasteiger partial charge in [0.05, 0.1) is 12.1 Å². The Kier molecular flexibility index (Phi) is 4.88. The second-order valence-electron chi connectivity index (χ2n) is 5.25. The first-order valence-electron chi connectivity index (χ1n) is 7.17. The van der Waals surface area contributed by atoms with Crippen LogP contribution in [0, 0.1) is 6.92 Å². The van der Waals surface area contributed by atoms with E-state index in [1.807, 2.05) is 41.8 Å². The predicted octanol–water partition coefficient (Wildman–Crippen LogP) is 5.06. The van der Waals surface area contributed by atoms with Crippen LogP contribution in [-0.4, -0.2) is 10.9 Å². The van der Waals surface area contributed by atoms with Crippen LogP contribution in [0.5, 0.6) is 0 Å². The molecule has 1 N–H and O–H groups in total. The molecule has 0 spiro atoms. The van der Waals surface area contributed by atoms with E-state index in [1.54, 1.807) is 11.3 Å². The molecule has 0 saturated heterocycles. The summed E-state index contributed by atoms with van der Waals surface area (Å²) in [5.74, 6) is -0.0617. The average Bonchev–Trinajstić information content (AvgIpc) is 2.98. The SMILES string of the molecule is Cc1cccc(-c2nc(CC(=O)Nc3ccc(Br)cc3)cs2)c1. The van der Waals surface area contributed by atoms with Gasteiger partial charge in [0.25, 0.3) is 0 Å². The Hall–Kier alpha value is -1.98. The maximum absolute atomic E-state index is 12.1. The summed E-state index contributed by atoms with van der Waals surface area (Å²) < 4.78 is 0.984. The maximum Gasteiger partial charge on any atom is 0.230 e. The summed E-state index contributed by atoms with van der Waals surface area (Å²) in [6.45, 7) is 2.06. The average molecular weight is 387 g/mol. The molecular formula is C18H15BrN2OS. The minimum atomic E-state index is -0.0617. The number of nitrogens with zero attached hydrogens (tertiary/aromatic N) is 1. The number of benzene rings is 2. The van der Waals surface area contributed by atoms with Crippen LogP contribution < -0.4 is 5.32 Å². The number of aryl methyl sites for hydroxylation is 1. The Morgan fingerprint density at radius 3 is 2.74 bits per heavy atom. The highest BCUT2D eigenvalue weighted by Gasteiger charge is 2.09. The number of halogens is 1. The quantitative estimate of drug-likeness (QED) is 0.680. The molecule has 0 aliphatic heterocycles. The predicted molar refractivity (Wildman–Crippen MR) is 98.8 cm³/mol. The number of carbonyl (C=O) groups is 1. The molecule has 116 valence electrons. The smallest absolute Gasteiger partial charge is 0.230 e. The standard InChI is InChI=1S/C18H15BrN2OS/c1-12-3-2-4-13(9-12)18-21-16(11-23-18)10-17(22)20-15-7-5-14(19)6-8-15/h2-9,11H,10H2,1H3,(H,20,22). The van der Waals surface area contributed by atoms with Crippen LogP contribution in [0.1, 0.15) is 11.3 Å². The van der Waals surface area contributed by atoms with E-state index in [4.69, 9.17) is 0 Å². The van der Waals surface area contributed by atoms with E-state index in [0.717, 1.165) is 26.4 Å². The molecule has 3 rings (SSSR count). The van der Waals surface area contributed by atoms with Gasteiger partial charge in [-0.1, -0.05) is 39.7 Å². The normalized spacial score (nSPS) is 10.5. The molecule has 0 saturated carbocycles. The zero-order chi connectivity index (χ0) is 16.2. The number of thiazole rings is 1. The van der Waals surface area contributed by atoms with E-state index in [1.165, 1.54) is 5.56 Å². The lowest BCUT2D eigenvalue weighted by Gasteiger charge is -2.04. The van der Waals surface area contributed by atoms with Crippen molar-refractivity contribution >= 4 is 38.9 Å². The highest BCUT2D eigenvalue weighted by atomic mass is 79.9. The van der Waals surface area contributed by atoms with Gasteiger partial charge in [0, 0.05) is 21.1 Å². The van der Waals surface area contributed by atoms with Crippen LogP contribution in [0.4, 0.5) is 5.69 Å². The molecule has 0 radical (unpaired) electrons. The molecule has 0 bridgehead atoms. The van der Waals surface area contributed by atoms with Crippen LogP contribution in [0.25, 0.3) is 10.6 Å². The van der Waals surface area contributed by atoms with Gasteiger partial charge < -0.3 is 5.32 Å². The molecule has 23 heavy (non-hydrogen) atoms. The van der Waals surface area contributed by atoms with E-state index in [2.05, 4.69) is 45.3 Å². The minimum Gasteiger partial charge on any atom is -0.326 e. The number of hydrogen-bond donors (Lipinski definition) is 1. The van der Waals surface area contributed by atoms with Crippen molar-refractivity contribution in [1.82, 2.24) is 4.98 Å². The van der Waals surface area contributed by atoms with Gasteiger partial charge in [-0.15, -0.1) is 11.3 Å². The topological polar surface area (TPSA) is 42.0 Å². The number of hydrogen-bond acceptors (Lipinski definition) is 3. The minimum absolute atomic E-state index is 0.0617. The summed E-state index contributed by atoms with van der Waals surface area (Å²) in [6.07, 6.45) is 0.276. The zero-order valence-electron chi connectivity index (χ0n) is 12.5. The molecular weight excluding hydrogens is 372 g/mol. The highest BCUT2D eigenvalue weighted by molar-refractivity contribution is 9.10. The van der Waals surface area contributed by atoms with Crippen molar-refractivity contribution in [2.75, 3.05) is 5.32 Å². The number of anilines is 1.